The van der Waals surface area contributed by atoms with E-state index in [0.717, 1.165) is 31.0 Å². The summed E-state index contributed by atoms with van der Waals surface area (Å²) < 4.78 is 0. The molecule has 3 N–H and O–H groups in total. The molecule has 0 aromatic heterocycles. The number of benzene rings is 1. The summed E-state index contributed by atoms with van der Waals surface area (Å²) in [7, 11) is 0. The van der Waals surface area contributed by atoms with Gasteiger partial charge in [-0.25, -0.2) is 0 Å². The molecule has 1 aliphatic carbocycles. The number of piperidine rings is 1. The third-order valence-electron chi connectivity index (χ3n) is 5.70. The van der Waals surface area contributed by atoms with E-state index in [9.17, 15) is 0 Å². The van der Waals surface area contributed by atoms with Crippen LogP contribution in [0.25, 0.3) is 0 Å². The summed E-state index contributed by atoms with van der Waals surface area (Å²) in [5.74, 6) is 1.47. The van der Waals surface area contributed by atoms with E-state index in [1.54, 1.807) is 0 Å². The van der Waals surface area contributed by atoms with Gasteiger partial charge in [-0.05, 0) is 94.1 Å². The molecule has 0 unspecified atom stereocenters. The molecule has 138 valence electrons. The number of aryl methyl sites for hydroxylation is 1. The Morgan fingerprint density at radius 1 is 1.20 bits per heavy atom. The summed E-state index contributed by atoms with van der Waals surface area (Å²) in [4.78, 5) is 7.13. The van der Waals surface area contributed by atoms with Crippen molar-refractivity contribution >= 4 is 11.6 Å². The van der Waals surface area contributed by atoms with E-state index in [2.05, 4.69) is 40.3 Å². The van der Waals surface area contributed by atoms with Crippen molar-refractivity contribution in [2.45, 2.75) is 58.3 Å². The largest absolute Gasteiger partial charge is 0.370 e. The van der Waals surface area contributed by atoms with E-state index in [-0.39, 0.29) is 0 Å². The number of nitrogens with two attached hydrogens (primary N) is 1. The van der Waals surface area contributed by atoms with Crippen LogP contribution in [0.15, 0.2) is 23.2 Å². The topological polar surface area (TPSA) is 53.6 Å². The number of guanidine groups is 1. The van der Waals surface area contributed by atoms with Gasteiger partial charge in [-0.1, -0.05) is 19.1 Å². The van der Waals surface area contributed by atoms with Crippen LogP contribution in [0, 0.1) is 5.92 Å². The number of nitrogens with one attached hydrogen (secondary N) is 1. The van der Waals surface area contributed by atoms with Crippen LogP contribution in [0.3, 0.4) is 0 Å². The van der Waals surface area contributed by atoms with Gasteiger partial charge in [-0.3, -0.25) is 4.99 Å². The van der Waals surface area contributed by atoms with Gasteiger partial charge in [-0.15, -0.1) is 0 Å². The molecule has 1 aromatic rings. The molecule has 3 rings (SSSR count). The monoisotopic (exact) mass is 342 g/mol. The summed E-state index contributed by atoms with van der Waals surface area (Å²) >= 11 is 0. The van der Waals surface area contributed by atoms with Gasteiger partial charge in [0.1, 0.15) is 0 Å². The van der Waals surface area contributed by atoms with Crippen molar-refractivity contribution in [3.05, 3.63) is 29.3 Å². The Morgan fingerprint density at radius 2 is 2.00 bits per heavy atom. The number of rotatable bonds is 6. The SMILES string of the molecule is CC1CCN(CCCCN=C(N)Nc2cccc3c2CCCC3)CC1. The highest BCUT2D eigenvalue weighted by Gasteiger charge is 2.15. The molecule has 1 fully saturated rings. The predicted octanol–water partition coefficient (Wildman–Crippen LogP) is 3.80. The zero-order valence-electron chi connectivity index (χ0n) is 15.8. The van der Waals surface area contributed by atoms with Crippen molar-refractivity contribution in [1.82, 2.24) is 4.90 Å². The molecule has 2 aliphatic rings. The van der Waals surface area contributed by atoms with Gasteiger partial charge in [0, 0.05) is 12.2 Å². The molecule has 0 spiro atoms. The fraction of sp³-hybridized carbons (Fsp3) is 0.667. The lowest BCUT2D eigenvalue weighted by Crippen LogP contribution is -2.33. The van der Waals surface area contributed by atoms with Crippen LogP contribution in [0.1, 0.15) is 56.6 Å². The Morgan fingerprint density at radius 3 is 2.84 bits per heavy atom. The van der Waals surface area contributed by atoms with Crippen LogP contribution in [-0.2, 0) is 12.8 Å². The number of anilines is 1. The smallest absolute Gasteiger partial charge is 0.193 e. The van der Waals surface area contributed by atoms with Crippen molar-refractivity contribution in [3.63, 3.8) is 0 Å². The molecule has 1 heterocycles. The molecule has 1 saturated heterocycles. The van der Waals surface area contributed by atoms with Crippen LogP contribution in [0.5, 0.6) is 0 Å². The first kappa shape index (κ1) is 18.2. The summed E-state index contributed by atoms with van der Waals surface area (Å²) in [6.45, 7) is 6.94. The van der Waals surface area contributed by atoms with Gasteiger partial charge in [0.05, 0.1) is 0 Å². The molecule has 1 aliphatic heterocycles. The number of hydrogen-bond acceptors (Lipinski definition) is 2. The first-order chi connectivity index (χ1) is 12.2. The van der Waals surface area contributed by atoms with E-state index in [4.69, 9.17) is 5.73 Å². The van der Waals surface area contributed by atoms with Crippen molar-refractivity contribution in [3.8, 4) is 0 Å². The average molecular weight is 343 g/mol. The van der Waals surface area contributed by atoms with Gasteiger partial charge in [-0.2, -0.15) is 0 Å². The molecule has 0 atom stereocenters. The lowest BCUT2D eigenvalue weighted by Gasteiger charge is -2.30. The molecule has 4 heteroatoms. The number of fused-ring (bicyclic) bond motifs is 1. The molecule has 0 saturated carbocycles. The first-order valence-corrected chi connectivity index (χ1v) is 10.1. The standard InChI is InChI=1S/C21H34N4/c1-17-11-15-25(16-12-17)14-5-4-13-23-21(22)24-20-10-6-8-18-7-2-3-9-19(18)20/h6,8,10,17H,2-5,7,9,11-16H2,1H3,(H3,22,23,24). The molecule has 0 radical (unpaired) electrons. The van der Waals surface area contributed by atoms with Crippen LogP contribution in [0.4, 0.5) is 5.69 Å². The zero-order valence-corrected chi connectivity index (χ0v) is 15.8. The van der Waals surface area contributed by atoms with Crippen LogP contribution in [0.2, 0.25) is 0 Å². The summed E-state index contributed by atoms with van der Waals surface area (Å²) in [6.07, 6.45) is 9.96. The molecule has 1 aromatic carbocycles. The highest BCUT2D eigenvalue weighted by molar-refractivity contribution is 5.93. The zero-order chi connectivity index (χ0) is 17.5. The molecule has 25 heavy (non-hydrogen) atoms. The number of unbranched alkanes of at least 4 members (excludes halogenated alkanes) is 1. The highest BCUT2D eigenvalue weighted by Crippen LogP contribution is 2.27. The van der Waals surface area contributed by atoms with Crippen LogP contribution < -0.4 is 11.1 Å². The highest BCUT2D eigenvalue weighted by atomic mass is 15.1. The molecular formula is C21H34N4. The average Bonchev–Trinajstić information content (AvgIpc) is 2.63. The van der Waals surface area contributed by atoms with Gasteiger partial charge >= 0.3 is 0 Å². The van der Waals surface area contributed by atoms with Crippen molar-refractivity contribution < 1.29 is 0 Å². The minimum atomic E-state index is 0.561. The summed E-state index contributed by atoms with van der Waals surface area (Å²) in [5, 5.41) is 3.33. The minimum absolute atomic E-state index is 0.561. The summed E-state index contributed by atoms with van der Waals surface area (Å²) in [6, 6.07) is 6.50. The molecular weight excluding hydrogens is 308 g/mol. The summed E-state index contributed by atoms with van der Waals surface area (Å²) in [5.41, 5.74) is 10.2. The lowest BCUT2D eigenvalue weighted by atomic mass is 9.90. The Hall–Kier alpha value is -1.55. The third kappa shape index (κ3) is 5.46. The number of likely N-dealkylation sites (tertiary alicyclic amines) is 1. The Kier molecular flexibility index (Phi) is 6.74. The number of aliphatic imine (C=N–C) groups is 1. The Bertz CT molecular complexity index is 573. The van der Waals surface area contributed by atoms with E-state index in [1.165, 1.54) is 69.3 Å². The maximum Gasteiger partial charge on any atom is 0.193 e. The van der Waals surface area contributed by atoms with E-state index < -0.39 is 0 Å². The van der Waals surface area contributed by atoms with Gasteiger partial charge in [0.15, 0.2) is 5.96 Å². The second kappa shape index (κ2) is 9.23. The van der Waals surface area contributed by atoms with E-state index in [0.29, 0.717) is 5.96 Å². The fourth-order valence-corrected chi connectivity index (χ4v) is 4.01. The lowest BCUT2D eigenvalue weighted by molar-refractivity contribution is 0.190. The Labute approximate surface area is 152 Å². The van der Waals surface area contributed by atoms with Crippen molar-refractivity contribution in [2.24, 2.45) is 16.6 Å². The quantitative estimate of drug-likeness (QED) is 0.470. The van der Waals surface area contributed by atoms with Crippen LogP contribution >= 0.6 is 0 Å². The normalized spacial score (nSPS) is 19.6. The second-order valence-electron chi connectivity index (χ2n) is 7.77. The van der Waals surface area contributed by atoms with Gasteiger partial charge < -0.3 is 16.0 Å². The fourth-order valence-electron chi connectivity index (χ4n) is 4.01. The number of hydrogen-bond donors (Lipinski definition) is 2. The van der Waals surface area contributed by atoms with E-state index >= 15 is 0 Å². The molecule has 4 nitrogen and oxygen atoms in total. The van der Waals surface area contributed by atoms with Crippen molar-refractivity contribution in [1.29, 1.82) is 0 Å². The van der Waals surface area contributed by atoms with E-state index in [1.807, 2.05) is 0 Å². The van der Waals surface area contributed by atoms with Gasteiger partial charge in [0.2, 0.25) is 0 Å². The third-order valence-corrected chi connectivity index (χ3v) is 5.70. The van der Waals surface area contributed by atoms with Crippen LogP contribution in [-0.4, -0.2) is 37.0 Å². The molecule has 0 amide bonds. The maximum atomic E-state index is 6.11. The molecule has 0 bridgehead atoms. The van der Waals surface area contributed by atoms with Gasteiger partial charge in [0.25, 0.3) is 0 Å². The first-order valence-electron chi connectivity index (χ1n) is 10.1. The van der Waals surface area contributed by atoms with Crippen molar-refractivity contribution in [2.75, 3.05) is 31.5 Å². The number of nitrogens with zero attached hydrogens (tertiary/aromatic N) is 2. The predicted molar refractivity (Wildman–Crippen MR) is 107 cm³/mol. The minimum Gasteiger partial charge on any atom is -0.370 e. The second-order valence-corrected chi connectivity index (χ2v) is 7.77. The maximum absolute atomic E-state index is 6.11. The Balaban J connectivity index is 1.39.